The SMILES string of the molecule is C=CC(=O)OCCCCCCC[Si](C)(C)Br. The molecule has 0 saturated carbocycles. The average Bonchev–Trinajstić information content (AvgIpc) is 2.20. The summed E-state index contributed by atoms with van der Waals surface area (Å²) in [5.74, 6) is -0.313. The molecular formula is C12H23BrO2Si. The van der Waals surface area contributed by atoms with Crippen LogP contribution in [-0.2, 0) is 9.53 Å². The van der Waals surface area contributed by atoms with Crippen molar-refractivity contribution >= 4 is 28.0 Å². The molecule has 0 rings (SSSR count). The standard InChI is InChI=1S/C12H23BrO2Si/c1-4-12(14)15-10-8-6-5-7-9-11-16(2,3)13/h4H,1,5-11H2,2-3H3. The summed E-state index contributed by atoms with van der Waals surface area (Å²) >= 11 is 3.77. The van der Waals surface area contributed by atoms with Gasteiger partial charge in [0.15, 0.2) is 0 Å². The van der Waals surface area contributed by atoms with Gasteiger partial charge in [0.25, 0.3) is 0 Å². The molecule has 0 aliphatic rings. The molecule has 0 heterocycles. The van der Waals surface area contributed by atoms with Crippen LogP contribution in [0.25, 0.3) is 0 Å². The molecule has 0 unspecified atom stereocenters. The van der Waals surface area contributed by atoms with E-state index < -0.39 is 6.69 Å². The van der Waals surface area contributed by atoms with Gasteiger partial charge in [-0.25, -0.2) is 4.79 Å². The van der Waals surface area contributed by atoms with Crippen molar-refractivity contribution in [1.29, 1.82) is 0 Å². The first kappa shape index (κ1) is 15.9. The first-order valence-electron chi connectivity index (χ1n) is 5.94. The Labute approximate surface area is 108 Å². The van der Waals surface area contributed by atoms with Gasteiger partial charge in [0.2, 0.25) is 0 Å². The Morgan fingerprint density at radius 1 is 1.25 bits per heavy atom. The fraction of sp³-hybridized carbons (Fsp3) is 0.750. The highest BCUT2D eigenvalue weighted by Gasteiger charge is 2.14. The number of carbonyl (C=O) groups excluding carboxylic acids is 1. The smallest absolute Gasteiger partial charge is 0.330 e. The van der Waals surface area contributed by atoms with E-state index in [1.807, 2.05) is 0 Å². The zero-order valence-corrected chi connectivity index (χ0v) is 13.0. The Morgan fingerprint density at radius 2 is 1.81 bits per heavy atom. The molecule has 0 bridgehead atoms. The number of hydrogen-bond acceptors (Lipinski definition) is 2. The molecule has 0 amide bonds. The summed E-state index contributed by atoms with van der Waals surface area (Å²) < 4.78 is 4.89. The average molecular weight is 307 g/mol. The lowest BCUT2D eigenvalue weighted by molar-refractivity contribution is -0.137. The Morgan fingerprint density at radius 3 is 2.38 bits per heavy atom. The minimum Gasteiger partial charge on any atom is -0.463 e. The molecule has 0 aromatic carbocycles. The van der Waals surface area contributed by atoms with Crippen LogP contribution in [-0.4, -0.2) is 19.3 Å². The summed E-state index contributed by atoms with van der Waals surface area (Å²) in [4.78, 5) is 10.7. The number of rotatable bonds is 9. The maximum atomic E-state index is 10.7. The summed E-state index contributed by atoms with van der Waals surface area (Å²) in [6.07, 6.45) is 7.17. The third kappa shape index (κ3) is 12.0. The van der Waals surface area contributed by atoms with Crippen molar-refractivity contribution in [2.45, 2.75) is 51.2 Å². The van der Waals surface area contributed by atoms with Gasteiger partial charge in [-0.2, -0.15) is 0 Å². The number of ether oxygens (including phenoxy) is 1. The number of carbonyl (C=O) groups is 1. The van der Waals surface area contributed by atoms with Crippen molar-refractivity contribution in [3.05, 3.63) is 12.7 Å². The number of unbranched alkanes of at least 4 members (excludes halogenated alkanes) is 4. The van der Waals surface area contributed by atoms with Crippen molar-refractivity contribution in [3.63, 3.8) is 0 Å². The third-order valence-corrected chi connectivity index (χ3v) is 5.06. The molecule has 0 fully saturated rings. The van der Waals surface area contributed by atoms with Gasteiger partial charge in [0.1, 0.15) is 6.69 Å². The maximum Gasteiger partial charge on any atom is 0.330 e. The number of halogens is 1. The molecule has 0 saturated heterocycles. The van der Waals surface area contributed by atoms with E-state index in [1.54, 1.807) is 0 Å². The fourth-order valence-electron chi connectivity index (χ4n) is 1.41. The lowest BCUT2D eigenvalue weighted by Gasteiger charge is -2.12. The maximum absolute atomic E-state index is 10.7. The highest BCUT2D eigenvalue weighted by molar-refractivity contribution is 9.26. The lowest BCUT2D eigenvalue weighted by atomic mass is 10.2. The highest BCUT2D eigenvalue weighted by atomic mass is 79.9. The molecule has 16 heavy (non-hydrogen) atoms. The van der Waals surface area contributed by atoms with Crippen LogP contribution in [0.4, 0.5) is 0 Å². The van der Waals surface area contributed by atoms with Crippen molar-refractivity contribution < 1.29 is 9.53 Å². The zero-order chi connectivity index (χ0) is 12.4. The molecule has 0 spiro atoms. The summed E-state index contributed by atoms with van der Waals surface area (Å²) in [5, 5.41) is 0. The van der Waals surface area contributed by atoms with Gasteiger partial charge in [-0.1, -0.05) is 45.4 Å². The molecule has 0 aliphatic heterocycles. The number of esters is 1. The molecule has 0 aromatic rings. The second-order valence-electron chi connectivity index (χ2n) is 4.61. The van der Waals surface area contributed by atoms with Crippen molar-refractivity contribution in [2.75, 3.05) is 6.61 Å². The van der Waals surface area contributed by atoms with Gasteiger partial charge < -0.3 is 4.74 Å². The van der Waals surface area contributed by atoms with E-state index in [4.69, 9.17) is 4.74 Å². The Balaban J connectivity index is 3.16. The summed E-state index contributed by atoms with van der Waals surface area (Å²) in [5.41, 5.74) is 0. The predicted octanol–water partition coefficient (Wildman–Crippen LogP) is 4.27. The molecular weight excluding hydrogens is 284 g/mol. The topological polar surface area (TPSA) is 26.3 Å². The van der Waals surface area contributed by atoms with E-state index in [0.29, 0.717) is 6.61 Å². The monoisotopic (exact) mass is 306 g/mol. The van der Waals surface area contributed by atoms with E-state index in [2.05, 4.69) is 35.0 Å². The highest BCUT2D eigenvalue weighted by Crippen LogP contribution is 2.20. The molecule has 94 valence electrons. The number of hydrogen-bond donors (Lipinski definition) is 0. The van der Waals surface area contributed by atoms with Crippen LogP contribution in [0.5, 0.6) is 0 Å². The predicted molar refractivity (Wildman–Crippen MR) is 75.5 cm³/mol. The largest absolute Gasteiger partial charge is 0.463 e. The third-order valence-electron chi connectivity index (χ3n) is 2.33. The van der Waals surface area contributed by atoms with E-state index in [-0.39, 0.29) is 5.97 Å². The second kappa shape index (κ2) is 8.99. The molecule has 0 radical (unpaired) electrons. The van der Waals surface area contributed by atoms with Gasteiger partial charge in [0, 0.05) is 6.08 Å². The van der Waals surface area contributed by atoms with Gasteiger partial charge in [-0.05, 0) is 12.5 Å². The van der Waals surface area contributed by atoms with Crippen LogP contribution < -0.4 is 0 Å². The Kier molecular flexibility index (Phi) is 8.94. The molecule has 0 N–H and O–H groups in total. The summed E-state index contributed by atoms with van der Waals surface area (Å²) in [6.45, 7) is 7.53. The quantitative estimate of drug-likeness (QED) is 0.209. The van der Waals surface area contributed by atoms with Gasteiger partial charge >= 0.3 is 5.97 Å². The first-order valence-corrected chi connectivity index (χ1v) is 11.4. The molecule has 0 aromatic heterocycles. The van der Waals surface area contributed by atoms with Crippen molar-refractivity contribution in [3.8, 4) is 0 Å². The van der Waals surface area contributed by atoms with Gasteiger partial charge in [-0.15, -0.1) is 15.3 Å². The Bertz CT molecular complexity index is 212. The van der Waals surface area contributed by atoms with E-state index in [9.17, 15) is 4.79 Å². The summed E-state index contributed by atoms with van der Waals surface area (Å²) in [6, 6.07) is 1.35. The van der Waals surface area contributed by atoms with Crippen molar-refractivity contribution in [1.82, 2.24) is 0 Å². The van der Waals surface area contributed by atoms with Crippen LogP contribution in [0.1, 0.15) is 32.1 Å². The second-order valence-corrected chi connectivity index (χ2v) is 15.0. The zero-order valence-electron chi connectivity index (χ0n) is 10.4. The van der Waals surface area contributed by atoms with Crippen LogP contribution in [0.2, 0.25) is 19.1 Å². The molecule has 4 heteroatoms. The molecule has 0 atom stereocenters. The minimum absolute atomic E-state index is 0.313. The van der Waals surface area contributed by atoms with Crippen molar-refractivity contribution in [2.24, 2.45) is 0 Å². The van der Waals surface area contributed by atoms with E-state index in [0.717, 1.165) is 12.8 Å². The van der Waals surface area contributed by atoms with E-state index in [1.165, 1.54) is 31.4 Å². The normalized spacial score (nSPS) is 11.2. The van der Waals surface area contributed by atoms with Crippen LogP contribution in [0, 0.1) is 0 Å². The molecule has 0 aliphatic carbocycles. The molecule has 2 nitrogen and oxygen atoms in total. The first-order chi connectivity index (χ1) is 7.45. The van der Waals surface area contributed by atoms with Gasteiger partial charge in [0.05, 0.1) is 6.61 Å². The minimum atomic E-state index is -1.02. The van der Waals surface area contributed by atoms with Gasteiger partial charge in [-0.3, -0.25) is 0 Å². The fourth-order valence-corrected chi connectivity index (χ4v) is 3.34. The van der Waals surface area contributed by atoms with E-state index >= 15 is 0 Å². The lowest BCUT2D eigenvalue weighted by Crippen LogP contribution is -2.14. The van der Waals surface area contributed by atoms with Crippen LogP contribution in [0.15, 0.2) is 12.7 Å². The Hall–Kier alpha value is -0.0931. The summed E-state index contributed by atoms with van der Waals surface area (Å²) in [7, 11) is 0. The van der Waals surface area contributed by atoms with Crippen LogP contribution >= 0.6 is 15.3 Å². The van der Waals surface area contributed by atoms with Crippen LogP contribution in [0.3, 0.4) is 0 Å².